The lowest BCUT2D eigenvalue weighted by atomic mass is 10.2. The molecule has 0 amide bonds. The molecule has 2 N–H and O–H groups in total. The van der Waals surface area contributed by atoms with Crippen LogP contribution >= 0.6 is 0 Å². The number of nitrogens with zero attached hydrogens (tertiary/aromatic N) is 2. The second-order valence-corrected chi connectivity index (χ2v) is 5.44. The number of aromatic nitrogens is 3. The van der Waals surface area contributed by atoms with Crippen LogP contribution in [0.25, 0.3) is 11.0 Å². The van der Waals surface area contributed by atoms with E-state index in [-0.39, 0.29) is 17.1 Å². The van der Waals surface area contributed by atoms with Crippen LogP contribution < -0.4 is 4.72 Å². The van der Waals surface area contributed by atoms with Gasteiger partial charge in [0, 0.05) is 11.8 Å². The van der Waals surface area contributed by atoms with Gasteiger partial charge in [0.15, 0.2) is 17.3 Å². The second kappa shape index (κ2) is 5.76. The molecular formula is C13H10F2N4OS. The Morgan fingerprint density at radius 2 is 2.10 bits per heavy atom. The quantitative estimate of drug-likeness (QED) is 0.723. The SMILES string of the molecule is [O-][S+](NCc1cccc(F)c1F)c1n[nH]c2ncccc12. The van der Waals surface area contributed by atoms with Gasteiger partial charge in [-0.05, 0) is 18.2 Å². The predicted molar refractivity (Wildman–Crippen MR) is 73.5 cm³/mol. The van der Waals surface area contributed by atoms with E-state index in [1.165, 1.54) is 12.1 Å². The number of hydrogen-bond acceptors (Lipinski definition) is 4. The summed E-state index contributed by atoms with van der Waals surface area (Å²) in [6, 6.07) is 7.27. The van der Waals surface area contributed by atoms with Crippen molar-refractivity contribution in [2.45, 2.75) is 11.6 Å². The van der Waals surface area contributed by atoms with Gasteiger partial charge >= 0.3 is 0 Å². The molecule has 1 unspecified atom stereocenters. The molecule has 2 aromatic heterocycles. The Morgan fingerprint density at radius 3 is 2.95 bits per heavy atom. The Kier molecular flexibility index (Phi) is 3.82. The van der Waals surface area contributed by atoms with E-state index in [4.69, 9.17) is 0 Å². The van der Waals surface area contributed by atoms with Crippen molar-refractivity contribution in [1.29, 1.82) is 0 Å². The van der Waals surface area contributed by atoms with E-state index in [1.54, 1.807) is 18.3 Å². The Labute approximate surface area is 121 Å². The van der Waals surface area contributed by atoms with Gasteiger partial charge < -0.3 is 4.55 Å². The lowest BCUT2D eigenvalue weighted by molar-refractivity contribution is 0.496. The van der Waals surface area contributed by atoms with Gasteiger partial charge in [-0.2, -0.15) is 0 Å². The fourth-order valence-corrected chi connectivity index (χ4v) is 2.79. The van der Waals surface area contributed by atoms with Crippen LogP contribution in [0.15, 0.2) is 41.6 Å². The molecule has 0 fully saturated rings. The molecule has 0 aliphatic rings. The first-order valence-electron chi connectivity index (χ1n) is 6.04. The first-order valence-corrected chi connectivity index (χ1v) is 7.19. The maximum atomic E-state index is 13.5. The Balaban J connectivity index is 1.77. The Bertz CT molecular complexity index is 780. The molecule has 108 valence electrons. The van der Waals surface area contributed by atoms with E-state index < -0.39 is 23.0 Å². The minimum absolute atomic E-state index is 0.0786. The number of H-pyrrole nitrogens is 1. The third-order valence-electron chi connectivity index (χ3n) is 2.90. The maximum Gasteiger partial charge on any atom is 0.293 e. The summed E-state index contributed by atoms with van der Waals surface area (Å²) >= 11 is -1.66. The van der Waals surface area contributed by atoms with Crippen LogP contribution in [0.3, 0.4) is 0 Å². The van der Waals surface area contributed by atoms with Crippen molar-refractivity contribution in [3.8, 4) is 0 Å². The number of nitrogens with one attached hydrogen (secondary N) is 2. The Hall–Kier alpha value is -2.03. The van der Waals surface area contributed by atoms with E-state index in [2.05, 4.69) is 19.9 Å². The molecule has 0 aliphatic heterocycles. The fraction of sp³-hybridized carbons (Fsp3) is 0.0769. The van der Waals surface area contributed by atoms with Crippen LogP contribution in [0.4, 0.5) is 8.78 Å². The monoisotopic (exact) mass is 308 g/mol. The topological polar surface area (TPSA) is 76.7 Å². The average Bonchev–Trinajstić information content (AvgIpc) is 2.92. The number of halogens is 2. The molecule has 0 saturated heterocycles. The van der Waals surface area contributed by atoms with Crippen LogP contribution in [-0.4, -0.2) is 19.7 Å². The molecule has 21 heavy (non-hydrogen) atoms. The minimum Gasteiger partial charge on any atom is -0.592 e. The predicted octanol–water partition coefficient (Wildman–Crippen LogP) is 2.05. The summed E-state index contributed by atoms with van der Waals surface area (Å²) in [6.45, 7) is -0.0786. The molecular weight excluding hydrogens is 298 g/mol. The normalized spacial score (nSPS) is 12.7. The standard InChI is InChI=1S/C13H10F2N4OS/c14-10-5-1-3-8(11(10)15)7-17-21(20)13-9-4-2-6-16-12(9)18-19-13/h1-6,17H,7H2,(H,16,18,19). The first kappa shape index (κ1) is 13.9. The lowest BCUT2D eigenvalue weighted by Gasteiger charge is -2.09. The molecule has 1 aromatic carbocycles. The molecule has 5 nitrogen and oxygen atoms in total. The van der Waals surface area contributed by atoms with E-state index in [1.807, 2.05) is 0 Å². The third kappa shape index (κ3) is 2.73. The van der Waals surface area contributed by atoms with Crippen LogP contribution in [0.2, 0.25) is 0 Å². The van der Waals surface area contributed by atoms with Gasteiger partial charge in [0.05, 0.1) is 11.9 Å². The van der Waals surface area contributed by atoms with E-state index >= 15 is 0 Å². The summed E-state index contributed by atoms with van der Waals surface area (Å²) in [6.07, 6.45) is 1.59. The van der Waals surface area contributed by atoms with Crippen molar-refractivity contribution in [1.82, 2.24) is 19.9 Å². The van der Waals surface area contributed by atoms with Gasteiger partial charge in [0.25, 0.3) is 5.03 Å². The molecule has 3 rings (SSSR count). The van der Waals surface area contributed by atoms with Crippen molar-refractivity contribution < 1.29 is 13.3 Å². The second-order valence-electron chi connectivity index (χ2n) is 4.23. The van der Waals surface area contributed by atoms with Crippen LogP contribution in [-0.2, 0) is 17.9 Å². The first-order chi connectivity index (χ1) is 10.2. The summed E-state index contributed by atoms with van der Waals surface area (Å²) in [5.41, 5.74) is 0.612. The number of fused-ring (bicyclic) bond motifs is 1. The zero-order chi connectivity index (χ0) is 14.8. The smallest absolute Gasteiger partial charge is 0.293 e. The lowest BCUT2D eigenvalue weighted by Crippen LogP contribution is -2.24. The van der Waals surface area contributed by atoms with Crippen LogP contribution in [0, 0.1) is 11.6 Å². The number of pyridine rings is 1. The average molecular weight is 308 g/mol. The van der Waals surface area contributed by atoms with Gasteiger partial charge in [-0.3, -0.25) is 5.10 Å². The highest BCUT2D eigenvalue weighted by Gasteiger charge is 2.20. The Morgan fingerprint density at radius 1 is 1.24 bits per heavy atom. The van der Waals surface area contributed by atoms with Gasteiger partial charge in [-0.25, -0.2) is 13.8 Å². The fourth-order valence-electron chi connectivity index (χ4n) is 1.87. The van der Waals surface area contributed by atoms with Crippen molar-refractivity contribution in [2.75, 3.05) is 0 Å². The summed E-state index contributed by atoms with van der Waals surface area (Å²) in [7, 11) is 0. The van der Waals surface area contributed by atoms with Crippen LogP contribution in [0.1, 0.15) is 5.56 Å². The van der Waals surface area contributed by atoms with E-state index in [0.717, 1.165) is 6.07 Å². The molecule has 0 radical (unpaired) electrons. The largest absolute Gasteiger partial charge is 0.592 e. The number of hydrogen-bond donors (Lipinski definition) is 2. The van der Waals surface area contributed by atoms with Crippen molar-refractivity contribution >= 4 is 22.4 Å². The van der Waals surface area contributed by atoms with Gasteiger partial charge in [0.2, 0.25) is 0 Å². The van der Waals surface area contributed by atoms with Gasteiger partial charge in [0.1, 0.15) is 11.4 Å². The number of benzene rings is 1. The zero-order valence-electron chi connectivity index (χ0n) is 10.6. The highest BCUT2D eigenvalue weighted by Crippen LogP contribution is 2.18. The van der Waals surface area contributed by atoms with E-state index in [0.29, 0.717) is 11.0 Å². The van der Waals surface area contributed by atoms with Crippen molar-refractivity contribution in [2.24, 2.45) is 0 Å². The van der Waals surface area contributed by atoms with Crippen molar-refractivity contribution in [3.63, 3.8) is 0 Å². The summed E-state index contributed by atoms with van der Waals surface area (Å²) < 4.78 is 41.4. The summed E-state index contributed by atoms with van der Waals surface area (Å²) in [5.74, 6) is -1.88. The number of rotatable bonds is 4. The number of aromatic amines is 1. The third-order valence-corrected chi connectivity index (χ3v) is 3.97. The van der Waals surface area contributed by atoms with Crippen molar-refractivity contribution in [3.05, 3.63) is 53.7 Å². The molecule has 8 heteroatoms. The minimum atomic E-state index is -1.66. The highest BCUT2D eigenvalue weighted by molar-refractivity contribution is 7.89. The molecule has 0 aliphatic carbocycles. The molecule has 2 heterocycles. The summed E-state index contributed by atoms with van der Waals surface area (Å²) in [5, 5.41) is 7.48. The molecule has 0 spiro atoms. The zero-order valence-corrected chi connectivity index (χ0v) is 11.5. The molecule has 0 saturated carbocycles. The van der Waals surface area contributed by atoms with E-state index in [9.17, 15) is 13.3 Å². The molecule has 1 atom stereocenters. The van der Waals surface area contributed by atoms with Gasteiger partial charge in [-0.15, -0.1) is 9.82 Å². The highest BCUT2D eigenvalue weighted by atomic mass is 32.2. The molecule has 3 aromatic rings. The molecule has 0 bridgehead atoms. The van der Waals surface area contributed by atoms with Gasteiger partial charge in [-0.1, -0.05) is 12.1 Å². The summed E-state index contributed by atoms with van der Waals surface area (Å²) in [4.78, 5) is 4.04. The van der Waals surface area contributed by atoms with Crippen LogP contribution in [0.5, 0.6) is 0 Å². The maximum absolute atomic E-state index is 13.5.